The standard InChI is InChI=1S/C34H30N4O2/c39-22-31-28-20-27(24-6-2-1-3-7-24)33(36-29(28)14-17-35-31)25-12-10-23(11-13-25)21-38-18-15-26(16-19-38)34-37-30-8-4-5-9-32(30)40-34/h1-14,17,20,22,26,31,35H,15-16,18-19,21H2. The molecular weight excluding hydrogens is 496 g/mol. The van der Waals surface area contributed by atoms with Gasteiger partial charge in [-0.25, -0.2) is 9.97 Å². The molecule has 2 aliphatic heterocycles. The molecule has 0 radical (unpaired) electrons. The summed E-state index contributed by atoms with van der Waals surface area (Å²) in [5.41, 5.74) is 8.93. The number of pyridine rings is 1. The fourth-order valence-corrected chi connectivity index (χ4v) is 5.85. The van der Waals surface area contributed by atoms with E-state index in [1.165, 1.54) is 5.56 Å². The van der Waals surface area contributed by atoms with Crippen LogP contribution in [-0.2, 0) is 11.3 Å². The Morgan fingerprint density at radius 1 is 0.900 bits per heavy atom. The SMILES string of the molecule is O=CC1NC=Cc2nc(-c3ccc(CN4CCC(c5nc6ccccc6o5)CC4)cc3)c(-c3ccccc3)cc21. The molecule has 1 fully saturated rings. The molecule has 2 aromatic heterocycles. The molecule has 0 bridgehead atoms. The minimum atomic E-state index is -0.391. The van der Waals surface area contributed by atoms with Gasteiger partial charge in [-0.05, 0) is 67.5 Å². The van der Waals surface area contributed by atoms with Gasteiger partial charge in [-0.15, -0.1) is 0 Å². The molecule has 0 saturated carbocycles. The minimum absolute atomic E-state index is 0.376. The molecule has 4 heterocycles. The molecule has 6 nitrogen and oxygen atoms in total. The third kappa shape index (κ3) is 4.71. The number of nitrogens with zero attached hydrogens (tertiary/aromatic N) is 3. The van der Waals surface area contributed by atoms with Crippen molar-refractivity contribution < 1.29 is 9.21 Å². The molecule has 0 spiro atoms. The fourth-order valence-electron chi connectivity index (χ4n) is 5.85. The lowest BCUT2D eigenvalue weighted by molar-refractivity contribution is -0.109. The summed E-state index contributed by atoms with van der Waals surface area (Å²) in [5, 5.41) is 3.13. The quantitative estimate of drug-likeness (QED) is 0.247. The Hall–Kier alpha value is -4.55. The highest BCUT2D eigenvalue weighted by molar-refractivity contribution is 5.84. The lowest BCUT2D eigenvalue weighted by Crippen LogP contribution is -2.32. The van der Waals surface area contributed by atoms with E-state index < -0.39 is 6.04 Å². The van der Waals surface area contributed by atoms with Crippen molar-refractivity contribution in [1.82, 2.24) is 20.2 Å². The third-order valence-electron chi connectivity index (χ3n) is 8.04. The van der Waals surface area contributed by atoms with Crippen LogP contribution < -0.4 is 5.32 Å². The minimum Gasteiger partial charge on any atom is -0.440 e. The summed E-state index contributed by atoms with van der Waals surface area (Å²) >= 11 is 0. The Balaban J connectivity index is 1.09. The molecule has 5 aromatic rings. The fraction of sp³-hybridized carbons (Fsp3) is 0.206. The van der Waals surface area contributed by atoms with Crippen LogP contribution in [0, 0.1) is 0 Å². The highest BCUT2D eigenvalue weighted by atomic mass is 16.3. The molecule has 40 heavy (non-hydrogen) atoms. The van der Waals surface area contributed by atoms with E-state index in [1.807, 2.05) is 48.5 Å². The number of rotatable bonds is 6. The number of hydrogen-bond acceptors (Lipinski definition) is 6. The Kier molecular flexibility index (Phi) is 6.46. The summed E-state index contributed by atoms with van der Waals surface area (Å²) in [7, 11) is 0. The monoisotopic (exact) mass is 526 g/mol. The molecule has 1 unspecified atom stereocenters. The number of carbonyl (C=O) groups excluding carboxylic acids is 1. The summed E-state index contributed by atoms with van der Waals surface area (Å²) in [5.74, 6) is 1.25. The highest BCUT2D eigenvalue weighted by Crippen LogP contribution is 2.36. The van der Waals surface area contributed by atoms with Crippen molar-refractivity contribution in [3.05, 3.63) is 114 Å². The van der Waals surface area contributed by atoms with Crippen LogP contribution in [0.25, 0.3) is 39.6 Å². The molecule has 1 atom stereocenters. The second-order valence-corrected chi connectivity index (χ2v) is 10.6. The number of piperidine rings is 1. The maximum absolute atomic E-state index is 11.7. The topological polar surface area (TPSA) is 71.3 Å². The predicted octanol–water partition coefficient (Wildman–Crippen LogP) is 6.75. The van der Waals surface area contributed by atoms with Gasteiger partial charge in [0.25, 0.3) is 0 Å². The van der Waals surface area contributed by atoms with Crippen molar-refractivity contribution >= 4 is 23.5 Å². The van der Waals surface area contributed by atoms with E-state index in [2.05, 4.69) is 52.7 Å². The average molecular weight is 527 g/mol. The predicted molar refractivity (Wildman–Crippen MR) is 157 cm³/mol. The van der Waals surface area contributed by atoms with E-state index in [0.29, 0.717) is 5.92 Å². The summed E-state index contributed by atoms with van der Waals surface area (Å²) in [4.78, 5) is 24.0. The number of para-hydroxylation sites is 2. The molecule has 7 rings (SSSR count). The first-order valence-electron chi connectivity index (χ1n) is 13.9. The first-order valence-corrected chi connectivity index (χ1v) is 13.9. The number of aldehydes is 1. The van der Waals surface area contributed by atoms with Gasteiger partial charge in [0.1, 0.15) is 17.8 Å². The van der Waals surface area contributed by atoms with Crippen molar-refractivity contribution in [2.24, 2.45) is 0 Å². The van der Waals surface area contributed by atoms with E-state index >= 15 is 0 Å². The van der Waals surface area contributed by atoms with Gasteiger partial charge in [0.2, 0.25) is 0 Å². The van der Waals surface area contributed by atoms with Crippen molar-refractivity contribution in [3.8, 4) is 22.4 Å². The number of carbonyl (C=O) groups is 1. The second kappa shape index (κ2) is 10.5. The zero-order chi connectivity index (χ0) is 26.9. The lowest BCUT2D eigenvalue weighted by atomic mass is 9.93. The summed E-state index contributed by atoms with van der Waals surface area (Å²) in [6.07, 6.45) is 6.77. The molecule has 0 aliphatic carbocycles. The number of hydrogen-bond donors (Lipinski definition) is 1. The average Bonchev–Trinajstić information content (AvgIpc) is 3.46. The number of benzene rings is 3. The van der Waals surface area contributed by atoms with Crippen molar-refractivity contribution in [2.45, 2.75) is 31.3 Å². The van der Waals surface area contributed by atoms with E-state index in [1.54, 1.807) is 6.20 Å². The zero-order valence-corrected chi connectivity index (χ0v) is 22.2. The molecule has 6 heteroatoms. The first kappa shape index (κ1) is 24.5. The van der Waals surface area contributed by atoms with Gasteiger partial charge in [-0.1, -0.05) is 66.7 Å². The maximum Gasteiger partial charge on any atom is 0.198 e. The summed E-state index contributed by atoms with van der Waals surface area (Å²) in [6.45, 7) is 2.96. The Morgan fingerprint density at radius 2 is 1.68 bits per heavy atom. The third-order valence-corrected chi connectivity index (χ3v) is 8.04. The molecule has 2 aliphatic rings. The highest BCUT2D eigenvalue weighted by Gasteiger charge is 2.25. The first-order chi connectivity index (χ1) is 19.7. The molecular formula is C34H30N4O2. The van der Waals surface area contributed by atoms with Gasteiger partial charge in [-0.3, -0.25) is 4.90 Å². The van der Waals surface area contributed by atoms with Crippen molar-refractivity contribution in [1.29, 1.82) is 0 Å². The van der Waals surface area contributed by atoms with Gasteiger partial charge < -0.3 is 14.5 Å². The van der Waals surface area contributed by atoms with E-state index in [0.717, 1.165) is 89.4 Å². The number of fused-ring (bicyclic) bond motifs is 2. The van der Waals surface area contributed by atoms with Gasteiger partial charge in [0, 0.05) is 29.2 Å². The van der Waals surface area contributed by atoms with E-state index in [4.69, 9.17) is 14.4 Å². The van der Waals surface area contributed by atoms with Crippen LogP contribution in [0.4, 0.5) is 0 Å². The molecule has 198 valence electrons. The molecule has 0 amide bonds. The number of aromatic nitrogens is 2. The number of oxazole rings is 1. The van der Waals surface area contributed by atoms with Crippen LogP contribution in [0.3, 0.4) is 0 Å². The van der Waals surface area contributed by atoms with Crippen LogP contribution in [0.15, 0.2) is 95.5 Å². The van der Waals surface area contributed by atoms with Crippen LogP contribution in [0.2, 0.25) is 0 Å². The van der Waals surface area contributed by atoms with Crippen LogP contribution in [-0.4, -0.2) is 34.2 Å². The Labute approximate surface area is 233 Å². The van der Waals surface area contributed by atoms with Gasteiger partial charge in [-0.2, -0.15) is 0 Å². The smallest absolute Gasteiger partial charge is 0.198 e. The van der Waals surface area contributed by atoms with Gasteiger partial charge >= 0.3 is 0 Å². The van der Waals surface area contributed by atoms with Crippen molar-refractivity contribution in [2.75, 3.05) is 13.1 Å². The second-order valence-electron chi connectivity index (χ2n) is 10.6. The van der Waals surface area contributed by atoms with Crippen molar-refractivity contribution in [3.63, 3.8) is 0 Å². The summed E-state index contributed by atoms with van der Waals surface area (Å²) in [6, 6.07) is 28.7. The molecule has 1 saturated heterocycles. The van der Waals surface area contributed by atoms with E-state index in [9.17, 15) is 4.79 Å². The van der Waals surface area contributed by atoms with Gasteiger partial charge in [0.15, 0.2) is 11.5 Å². The van der Waals surface area contributed by atoms with Gasteiger partial charge in [0.05, 0.1) is 11.4 Å². The molecule has 1 N–H and O–H groups in total. The number of nitrogens with one attached hydrogen (secondary N) is 1. The normalized spacial score (nSPS) is 17.4. The van der Waals surface area contributed by atoms with Crippen LogP contribution in [0.1, 0.15) is 47.5 Å². The van der Waals surface area contributed by atoms with Crippen LogP contribution in [0.5, 0.6) is 0 Å². The Bertz CT molecular complexity index is 1650. The maximum atomic E-state index is 11.7. The number of likely N-dealkylation sites (tertiary alicyclic amines) is 1. The zero-order valence-electron chi connectivity index (χ0n) is 22.2. The Morgan fingerprint density at radius 3 is 2.45 bits per heavy atom. The summed E-state index contributed by atoms with van der Waals surface area (Å²) < 4.78 is 6.04. The molecule has 3 aromatic carbocycles. The lowest BCUT2D eigenvalue weighted by Gasteiger charge is -2.30. The van der Waals surface area contributed by atoms with E-state index in [-0.39, 0.29) is 0 Å². The van der Waals surface area contributed by atoms with Crippen LogP contribution >= 0.6 is 0 Å². The largest absolute Gasteiger partial charge is 0.440 e.